The zero-order valence-electron chi connectivity index (χ0n) is 14.4. The summed E-state index contributed by atoms with van der Waals surface area (Å²) in [4.78, 5) is 18.5. The Hall–Kier alpha value is -2.73. The van der Waals surface area contributed by atoms with Crippen LogP contribution in [0.1, 0.15) is 15.9 Å². The molecule has 1 N–H and O–H groups in total. The summed E-state index contributed by atoms with van der Waals surface area (Å²) in [6, 6.07) is 18.4. The second-order valence-corrected chi connectivity index (χ2v) is 7.65. The molecule has 2 heterocycles. The standard InChI is InChI=1S/C21H13Cl2N3OS/c22-16-6-3-7-17(23)15(16)12-24-26-21(27)14-11-19(20-9-4-10-28-20)25-18-8-2-1-5-13(14)18/h1-12H,(H,26,27)/b24-12+. The molecule has 0 aliphatic rings. The number of halogens is 2. The number of hydrogen-bond acceptors (Lipinski definition) is 4. The van der Waals surface area contributed by atoms with Crippen molar-refractivity contribution < 1.29 is 4.79 Å². The van der Waals surface area contributed by atoms with Crippen LogP contribution in [-0.2, 0) is 0 Å². The van der Waals surface area contributed by atoms with Gasteiger partial charge in [0.05, 0.1) is 37.9 Å². The molecule has 2 aromatic carbocycles. The van der Waals surface area contributed by atoms with Crippen LogP contribution in [0.5, 0.6) is 0 Å². The zero-order valence-corrected chi connectivity index (χ0v) is 16.7. The molecular formula is C21H13Cl2N3OS. The van der Waals surface area contributed by atoms with Crippen molar-refractivity contribution in [2.75, 3.05) is 0 Å². The highest BCUT2D eigenvalue weighted by Gasteiger charge is 2.14. The van der Waals surface area contributed by atoms with Crippen LogP contribution >= 0.6 is 34.5 Å². The zero-order chi connectivity index (χ0) is 19.5. The van der Waals surface area contributed by atoms with Crippen LogP contribution in [0.4, 0.5) is 0 Å². The van der Waals surface area contributed by atoms with Crippen molar-refractivity contribution in [3.05, 3.63) is 87.2 Å². The Kier molecular flexibility index (Phi) is 5.39. The summed E-state index contributed by atoms with van der Waals surface area (Å²) in [5, 5.41) is 7.68. The van der Waals surface area contributed by atoms with Gasteiger partial charge in [0.25, 0.3) is 5.91 Å². The molecule has 4 rings (SSSR count). The molecule has 4 nitrogen and oxygen atoms in total. The third-order valence-electron chi connectivity index (χ3n) is 4.09. The lowest BCUT2D eigenvalue weighted by Crippen LogP contribution is -2.18. The van der Waals surface area contributed by atoms with Gasteiger partial charge in [0.2, 0.25) is 0 Å². The van der Waals surface area contributed by atoms with E-state index in [2.05, 4.69) is 15.5 Å². The quantitative estimate of drug-likeness (QED) is 0.320. The number of nitrogens with one attached hydrogen (secondary N) is 1. The van der Waals surface area contributed by atoms with Crippen molar-refractivity contribution in [2.24, 2.45) is 5.10 Å². The second-order valence-electron chi connectivity index (χ2n) is 5.88. The van der Waals surface area contributed by atoms with E-state index in [-0.39, 0.29) is 5.91 Å². The van der Waals surface area contributed by atoms with Crippen molar-refractivity contribution in [2.45, 2.75) is 0 Å². The molecule has 0 aliphatic heterocycles. The number of fused-ring (bicyclic) bond motifs is 1. The van der Waals surface area contributed by atoms with E-state index in [9.17, 15) is 4.79 Å². The Morgan fingerprint density at radius 2 is 1.82 bits per heavy atom. The molecule has 138 valence electrons. The van der Waals surface area contributed by atoms with Gasteiger partial charge < -0.3 is 0 Å². The van der Waals surface area contributed by atoms with E-state index in [1.165, 1.54) is 6.21 Å². The van der Waals surface area contributed by atoms with Crippen molar-refractivity contribution >= 4 is 57.6 Å². The minimum atomic E-state index is -0.337. The number of hydrazone groups is 1. The number of pyridine rings is 1. The Bertz CT molecular complexity index is 1170. The molecule has 0 spiro atoms. The van der Waals surface area contributed by atoms with Crippen LogP contribution in [0.2, 0.25) is 10.0 Å². The molecule has 0 bridgehead atoms. The van der Waals surface area contributed by atoms with Gasteiger partial charge in [0, 0.05) is 10.9 Å². The Balaban J connectivity index is 1.68. The molecule has 0 saturated carbocycles. The van der Waals surface area contributed by atoms with Gasteiger partial charge in [-0.15, -0.1) is 11.3 Å². The number of nitrogens with zero attached hydrogens (tertiary/aromatic N) is 2. The number of carbonyl (C=O) groups is 1. The van der Waals surface area contributed by atoms with Gasteiger partial charge in [0.1, 0.15) is 0 Å². The van der Waals surface area contributed by atoms with Crippen molar-refractivity contribution in [3.8, 4) is 10.6 Å². The highest BCUT2D eigenvalue weighted by Crippen LogP contribution is 2.28. The molecule has 0 aliphatic carbocycles. The summed E-state index contributed by atoms with van der Waals surface area (Å²) < 4.78 is 0. The van der Waals surface area contributed by atoms with Gasteiger partial charge in [-0.25, -0.2) is 10.4 Å². The topological polar surface area (TPSA) is 54.4 Å². The van der Waals surface area contributed by atoms with Crippen LogP contribution in [-0.4, -0.2) is 17.1 Å². The molecule has 0 unspecified atom stereocenters. The first-order chi connectivity index (χ1) is 13.6. The lowest BCUT2D eigenvalue weighted by molar-refractivity contribution is 0.0956. The second kappa shape index (κ2) is 8.10. The minimum absolute atomic E-state index is 0.337. The maximum atomic E-state index is 12.8. The first kappa shape index (κ1) is 18.6. The van der Waals surface area contributed by atoms with Crippen LogP contribution in [0.25, 0.3) is 21.5 Å². The van der Waals surface area contributed by atoms with Gasteiger partial charge in [-0.05, 0) is 35.7 Å². The fourth-order valence-corrected chi connectivity index (χ4v) is 3.94. The Morgan fingerprint density at radius 3 is 2.57 bits per heavy atom. The fraction of sp³-hybridized carbons (Fsp3) is 0. The summed E-state index contributed by atoms with van der Waals surface area (Å²) in [5.41, 5.74) is 5.09. The van der Waals surface area contributed by atoms with Crippen LogP contribution in [0, 0.1) is 0 Å². The van der Waals surface area contributed by atoms with E-state index >= 15 is 0 Å². The van der Waals surface area contributed by atoms with Crippen molar-refractivity contribution in [3.63, 3.8) is 0 Å². The number of hydrogen-bond donors (Lipinski definition) is 1. The summed E-state index contributed by atoms with van der Waals surface area (Å²) >= 11 is 13.8. The average Bonchev–Trinajstić information content (AvgIpc) is 3.24. The van der Waals surface area contributed by atoms with Gasteiger partial charge in [-0.2, -0.15) is 5.10 Å². The first-order valence-corrected chi connectivity index (χ1v) is 9.98. The normalized spacial score (nSPS) is 11.2. The molecule has 0 atom stereocenters. The van der Waals surface area contributed by atoms with E-state index in [1.54, 1.807) is 35.6 Å². The van der Waals surface area contributed by atoms with E-state index in [0.29, 0.717) is 21.2 Å². The number of rotatable bonds is 4. The smallest absolute Gasteiger partial charge is 0.267 e. The van der Waals surface area contributed by atoms with Gasteiger partial charge in [-0.3, -0.25) is 4.79 Å². The van der Waals surface area contributed by atoms with E-state index in [1.807, 2.05) is 41.8 Å². The maximum Gasteiger partial charge on any atom is 0.272 e. The molecule has 0 radical (unpaired) electrons. The summed E-state index contributed by atoms with van der Waals surface area (Å²) in [5.74, 6) is -0.337. The summed E-state index contributed by atoms with van der Waals surface area (Å²) in [6.45, 7) is 0. The van der Waals surface area contributed by atoms with Crippen LogP contribution < -0.4 is 5.43 Å². The third-order valence-corrected chi connectivity index (χ3v) is 5.65. The number of para-hydroxylation sites is 1. The average molecular weight is 426 g/mol. The van der Waals surface area contributed by atoms with E-state index in [0.717, 1.165) is 21.5 Å². The first-order valence-electron chi connectivity index (χ1n) is 8.34. The number of benzene rings is 2. The number of amides is 1. The molecule has 4 aromatic rings. The molecule has 7 heteroatoms. The number of aromatic nitrogens is 1. The highest BCUT2D eigenvalue weighted by molar-refractivity contribution is 7.13. The highest BCUT2D eigenvalue weighted by atomic mass is 35.5. The van der Waals surface area contributed by atoms with E-state index < -0.39 is 0 Å². The molecular weight excluding hydrogens is 413 g/mol. The minimum Gasteiger partial charge on any atom is -0.267 e. The predicted octanol–water partition coefficient (Wildman–Crippen LogP) is 6.03. The molecule has 1 amide bonds. The monoisotopic (exact) mass is 425 g/mol. The van der Waals surface area contributed by atoms with Crippen LogP contribution in [0.15, 0.2) is 71.1 Å². The maximum absolute atomic E-state index is 12.8. The van der Waals surface area contributed by atoms with Crippen molar-refractivity contribution in [1.29, 1.82) is 0 Å². The Morgan fingerprint density at radius 1 is 1.04 bits per heavy atom. The predicted molar refractivity (Wildman–Crippen MR) is 117 cm³/mol. The largest absolute Gasteiger partial charge is 0.272 e. The van der Waals surface area contributed by atoms with Crippen molar-refractivity contribution in [1.82, 2.24) is 10.4 Å². The van der Waals surface area contributed by atoms with Gasteiger partial charge >= 0.3 is 0 Å². The fourth-order valence-electron chi connectivity index (χ4n) is 2.76. The lowest BCUT2D eigenvalue weighted by Gasteiger charge is -2.08. The molecule has 0 saturated heterocycles. The molecule has 0 fully saturated rings. The Labute approximate surface area is 175 Å². The van der Waals surface area contributed by atoms with Gasteiger partial charge in [-0.1, -0.05) is 53.5 Å². The number of carbonyl (C=O) groups excluding carboxylic acids is 1. The number of thiophene rings is 1. The van der Waals surface area contributed by atoms with E-state index in [4.69, 9.17) is 23.2 Å². The third kappa shape index (κ3) is 3.78. The van der Waals surface area contributed by atoms with Gasteiger partial charge in [0.15, 0.2) is 0 Å². The summed E-state index contributed by atoms with van der Waals surface area (Å²) in [7, 11) is 0. The summed E-state index contributed by atoms with van der Waals surface area (Å²) in [6.07, 6.45) is 1.44. The molecule has 28 heavy (non-hydrogen) atoms. The lowest BCUT2D eigenvalue weighted by atomic mass is 10.1. The SMILES string of the molecule is O=C(N/N=C/c1c(Cl)cccc1Cl)c1cc(-c2cccs2)nc2ccccc12. The van der Waals surface area contributed by atoms with Crippen LogP contribution in [0.3, 0.4) is 0 Å². The molecule has 2 aromatic heterocycles.